The summed E-state index contributed by atoms with van der Waals surface area (Å²) >= 11 is 1.22. The van der Waals surface area contributed by atoms with Gasteiger partial charge in [-0.2, -0.15) is 0 Å². The van der Waals surface area contributed by atoms with E-state index in [0.29, 0.717) is 0 Å². The van der Waals surface area contributed by atoms with Crippen molar-refractivity contribution in [1.29, 1.82) is 0 Å². The Hall–Kier alpha value is 0.247. The van der Waals surface area contributed by atoms with Crippen LogP contribution in [0, 0.1) is 0 Å². The fourth-order valence-electron chi connectivity index (χ4n) is 0. The van der Waals surface area contributed by atoms with Crippen molar-refractivity contribution in [3.63, 3.8) is 0 Å². The average Bonchev–Trinajstić information content (AvgIpc) is 1.31. The fourth-order valence-corrected chi connectivity index (χ4v) is 0. The molecule has 1 N–H and O–H groups in total. The SMILES string of the molecule is [Li][C](=C)S(=O)(=O)O. The molecule has 0 heterocycles. The van der Waals surface area contributed by atoms with E-state index in [0.717, 1.165) is 0 Å². The van der Waals surface area contributed by atoms with E-state index in [4.69, 9.17) is 4.55 Å². The monoisotopic (exact) mass is 114 g/mol. The van der Waals surface area contributed by atoms with E-state index in [2.05, 4.69) is 6.58 Å². The van der Waals surface area contributed by atoms with Crippen LogP contribution < -0.4 is 0 Å². The molecule has 0 saturated carbocycles. The van der Waals surface area contributed by atoms with E-state index in [1.54, 1.807) is 0 Å². The van der Waals surface area contributed by atoms with Gasteiger partial charge in [-0.05, 0) is 0 Å². The first-order valence-corrected chi connectivity index (χ1v) is 3.01. The molecule has 0 fully saturated rings. The molecule has 5 heteroatoms. The summed E-state index contributed by atoms with van der Waals surface area (Å²) in [5.74, 6) is 0. The molecule has 0 aliphatic carbocycles. The van der Waals surface area contributed by atoms with Crippen molar-refractivity contribution in [2.24, 2.45) is 0 Å². The minimum absolute atomic E-state index is 0.229. The van der Waals surface area contributed by atoms with Crippen LogP contribution in [0.4, 0.5) is 0 Å². The summed E-state index contributed by atoms with van der Waals surface area (Å²) in [5, 5.41) is 0. The Balaban J connectivity index is 4.43. The predicted molar refractivity (Wildman–Crippen MR) is 26.4 cm³/mol. The van der Waals surface area contributed by atoms with Crippen LogP contribution in [0.15, 0.2) is 10.2 Å². The molecule has 0 aliphatic rings. The van der Waals surface area contributed by atoms with Crippen molar-refractivity contribution in [3.05, 3.63) is 10.2 Å². The second-order valence-electron chi connectivity index (χ2n) is 1.18. The molecule has 0 unspecified atom stereocenters. The van der Waals surface area contributed by atoms with E-state index < -0.39 is 10.1 Å². The van der Waals surface area contributed by atoms with Gasteiger partial charge in [0.25, 0.3) is 0 Å². The Morgan fingerprint density at radius 3 is 1.86 bits per heavy atom. The van der Waals surface area contributed by atoms with E-state index >= 15 is 0 Å². The average molecular weight is 114 g/mol. The van der Waals surface area contributed by atoms with Gasteiger partial charge in [0.15, 0.2) is 0 Å². The van der Waals surface area contributed by atoms with Crippen LogP contribution in [-0.2, 0) is 10.1 Å². The maximum atomic E-state index is 9.79. The summed E-state index contributed by atoms with van der Waals surface area (Å²) in [6.07, 6.45) is 0. The Morgan fingerprint density at radius 1 is 1.71 bits per heavy atom. The van der Waals surface area contributed by atoms with Gasteiger partial charge in [-0.25, -0.2) is 0 Å². The molecule has 0 spiro atoms. The molecule has 0 bridgehead atoms. The summed E-state index contributed by atoms with van der Waals surface area (Å²) in [4.78, 5) is 0. The molecule has 0 aromatic rings. The molecular formula is C2H3LiO3S. The van der Waals surface area contributed by atoms with Gasteiger partial charge in [0, 0.05) is 0 Å². The van der Waals surface area contributed by atoms with Crippen molar-refractivity contribution >= 4 is 27.8 Å². The van der Waals surface area contributed by atoms with Gasteiger partial charge in [0.05, 0.1) is 0 Å². The first-order chi connectivity index (χ1) is 2.94. The number of hydrogen-bond donors (Lipinski definition) is 1. The Morgan fingerprint density at radius 2 is 1.86 bits per heavy atom. The van der Waals surface area contributed by atoms with Crippen LogP contribution >= 0.6 is 0 Å². The van der Waals surface area contributed by atoms with Crippen LogP contribution in [0.5, 0.6) is 0 Å². The molecule has 0 rings (SSSR count). The van der Waals surface area contributed by atoms with Crippen molar-refractivity contribution in [2.75, 3.05) is 0 Å². The van der Waals surface area contributed by atoms with Gasteiger partial charge in [-0.3, -0.25) is 0 Å². The van der Waals surface area contributed by atoms with Gasteiger partial charge in [-0.15, -0.1) is 0 Å². The Bertz CT molecular complexity index is 167. The van der Waals surface area contributed by atoms with E-state index in [1.807, 2.05) is 0 Å². The van der Waals surface area contributed by atoms with Gasteiger partial charge in [-0.1, -0.05) is 0 Å². The van der Waals surface area contributed by atoms with Crippen molar-refractivity contribution < 1.29 is 13.0 Å². The van der Waals surface area contributed by atoms with Gasteiger partial charge >= 0.3 is 51.0 Å². The molecule has 0 amide bonds. The molecule has 0 aromatic heterocycles. The first kappa shape index (κ1) is 7.25. The molecule has 0 aromatic carbocycles. The summed E-state index contributed by atoms with van der Waals surface area (Å²) in [6, 6.07) is 0. The molecule has 0 aliphatic heterocycles. The van der Waals surface area contributed by atoms with Gasteiger partial charge in [0.1, 0.15) is 0 Å². The normalized spacial score (nSPS) is 11.3. The van der Waals surface area contributed by atoms with E-state index in [1.165, 1.54) is 17.7 Å². The van der Waals surface area contributed by atoms with Crippen LogP contribution in [-0.4, -0.2) is 30.7 Å². The summed E-state index contributed by atoms with van der Waals surface area (Å²) in [6.45, 7) is 2.99. The first-order valence-electron chi connectivity index (χ1n) is 1.57. The predicted octanol–water partition coefficient (Wildman–Crippen LogP) is -0.486. The third-order valence-corrected chi connectivity index (χ3v) is 1.32. The standard InChI is InChI=1S/C2H3O3S.Li/c1-2-6(3,4)5;/h1H2,(H,3,4,5);. The number of rotatable bonds is 1. The molecule has 0 atom stereocenters. The van der Waals surface area contributed by atoms with E-state index in [-0.39, 0.29) is 3.58 Å². The van der Waals surface area contributed by atoms with Crippen molar-refractivity contribution in [3.8, 4) is 0 Å². The van der Waals surface area contributed by atoms with Crippen LogP contribution in [0.1, 0.15) is 0 Å². The van der Waals surface area contributed by atoms with Crippen LogP contribution in [0.25, 0.3) is 0 Å². The third-order valence-electron chi connectivity index (χ3n) is 0.440. The molecular weight excluding hydrogens is 111 g/mol. The zero-order valence-corrected chi connectivity index (χ0v) is 4.70. The topological polar surface area (TPSA) is 54.4 Å². The van der Waals surface area contributed by atoms with Crippen molar-refractivity contribution in [2.45, 2.75) is 0 Å². The number of hydrogen-bond acceptors (Lipinski definition) is 2. The quantitative estimate of drug-likeness (QED) is 0.369. The van der Waals surface area contributed by atoms with Crippen LogP contribution in [0.3, 0.4) is 0 Å². The third kappa shape index (κ3) is 2.89. The van der Waals surface area contributed by atoms with Gasteiger partial charge in [0.2, 0.25) is 0 Å². The van der Waals surface area contributed by atoms with Crippen molar-refractivity contribution in [1.82, 2.24) is 0 Å². The Labute approximate surface area is 51.4 Å². The summed E-state index contributed by atoms with van der Waals surface area (Å²) in [5.41, 5.74) is 0. The molecule has 0 radical (unpaired) electrons. The zero-order chi connectivity index (χ0) is 6.08. The fraction of sp³-hybridized carbons (Fsp3) is 0. The Kier molecular flexibility index (Phi) is 2.08. The molecule has 0 saturated heterocycles. The van der Waals surface area contributed by atoms with E-state index in [9.17, 15) is 8.42 Å². The zero-order valence-electron chi connectivity index (χ0n) is 3.88. The molecule has 3 nitrogen and oxygen atoms in total. The second-order valence-corrected chi connectivity index (χ2v) is 2.82. The van der Waals surface area contributed by atoms with Gasteiger partial charge < -0.3 is 0 Å². The van der Waals surface area contributed by atoms with Crippen LogP contribution in [0.2, 0.25) is 0 Å². The summed E-state index contributed by atoms with van der Waals surface area (Å²) in [7, 11) is -3.94. The molecule has 36 valence electrons. The summed E-state index contributed by atoms with van der Waals surface area (Å²) < 4.78 is 27.3. The molecule has 7 heavy (non-hydrogen) atoms. The minimum atomic E-state index is -3.94. The second kappa shape index (κ2) is 2.01. The maximum absolute atomic E-state index is 9.79.